The maximum atomic E-state index is 12.1. The number of hydrogen-bond acceptors (Lipinski definition) is 2. The molecule has 0 heterocycles. The molecule has 1 aromatic carbocycles. The molecule has 0 radical (unpaired) electrons. The van der Waals surface area contributed by atoms with Crippen LogP contribution in [0.4, 0.5) is 0 Å². The summed E-state index contributed by atoms with van der Waals surface area (Å²) >= 11 is 3.32. The molecule has 1 aliphatic rings. The molecule has 1 amide bonds. The summed E-state index contributed by atoms with van der Waals surface area (Å²) in [6.07, 6.45) is 2.45. The average Bonchev–Trinajstić information content (AvgIpc) is 3.17. The zero-order chi connectivity index (χ0) is 13.8. The molecule has 110 valence electrons. The fourth-order valence-electron chi connectivity index (χ4n) is 1.71. The van der Waals surface area contributed by atoms with E-state index in [1.807, 2.05) is 18.2 Å². The van der Waals surface area contributed by atoms with Gasteiger partial charge in [-0.3, -0.25) is 0 Å². The minimum absolute atomic E-state index is 0. The van der Waals surface area contributed by atoms with E-state index in [0.717, 1.165) is 16.6 Å². The first-order chi connectivity index (χ1) is 9.06. The van der Waals surface area contributed by atoms with Crippen molar-refractivity contribution in [2.24, 2.45) is 11.7 Å². The van der Waals surface area contributed by atoms with Gasteiger partial charge < -0.3 is 0 Å². The summed E-state index contributed by atoms with van der Waals surface area (Å²) in [7, 11) is 0. The molecule has 4 N–H and O–H groups in total. The Labute approximate surface area is 143 Å². The van der Waals surface area contributed by atoms with E-state index in [2.05, 4.69) is 21.2 Å². The molecule has 0 atom stereocenters. The second-order valence-corrected chi connectivity index (χ2v) is 7.66. The van der Waals surface area contributed by atoms with Crippen LogP contribution in [0, 0.1) is 11.3 Å². The number of rotatable bonds is 6. The van der Waals surface area contributed by atoms with Crippen molar-refractivity contribution in [2.45, 2.75) is 18.2 Å². The molecule has 0 unspecified atom stereocenters. The van der Waals surface area contributed by atoms with Crippen molar-refractivity contribution >= 4 is 58.5 Å². The van der Waals surface area contributed by atoms with E-state index in [4.69, 9.17) is 11.1 Å². The van der Waals surface area contributed by atoms with Crippen molar-refractivity contribution in [1.29, 1.82) is 5.41 Å². The van der Waals surface area contributed by atoms with Crippen molar-refractivity contribution in [3.8, 4) is 0 Å². The predicted molar refractivity (Wildman–Crippen MR) is 90.9 cm³/mol. The summed E-state index contributed by atoms with van der Waals surface area (Å²) in [5.41, 5.74) is 7.07. The van der Waals surface area contributed by atoms with E-state index < -0.39 is 0 Å². The third-order valence-corrected chi connectivity index (χ3v) is 5.04. The van der Waals surface area contributed by atoms with Crippen LogP contribution >= 0.6 is 32.9 Å². The average molecular weight is 470 g/mol. The van der Waals surface area contributed by atoms with Crippen LogP contribution in [0.1, 0.15) is 28.8 Å². The standard InChI is InChI=1S/C13H16BrN3OSe.BrH/c14-10-3-4-11(9(5-10)7-19-13(15)16)12(18)17-6-8-1-2-8;/h3-5,8H,1-2,6-7H2,(H3,15,16)(H,17,18);1H. The van der Waals surface area contributed by atoms with E-state index in [0.29, 0.717) is 16.8 Å². The number of carbonyl (C=O) groups is 1. The monoisotopic (exact) mass is 469 g/mol. The van der Waals surface area contributed by atoms with Gasteiger partial charge >= 0.3 is 127 Å². The van der Waals surface area contributed by atoms with Gasteiger partial charge in [0.2, 0.25) is 0 Å². The van der Waals surface area contributed by atoms with Crippen LogP contribution in [0.5, 0.6) is 0 Å². The molecule has 1 aliphatic carbocycles. The summed E-state index contributed by atoms with van der Waals surface area (Å²) in [6, 6.07) is 5.64. The van der Waals surface area contributed by atoms with Gasteiger partial charge in [-0.05, 0) is 0 Å². The molecule has 0 aromatic heterocycles. The summed E-state index contributed by atoms with van der Waals surface area (Å²) in [6.45, 7) is 0.770. The van der Waals surface area contributed by atoms with Crippen molar-refractivity contribution in [2.75, 3.05) is 6.54 Å². The van der Waals surface area contributed by atoms with Crippen LogP contribution in [-0.2, 0) is 5.32 Å². The van der Waals surface area contributed by atoms with E-state index >= 15 is 0 Å². The fourth-order valence-corrected chi connectivity index (χ4v) is 3.28. The topological polar surface area (TPSA) is 79.0 Å². The number of halogens is 2. The number of amidine groups is 1. The molecule has 1 fully saturated rings. The van der Waals surface area contributed by atoms with Crippen molar-refractivity contribution in [3.05, 3.63) is 33.8 Å². The van der Waals surface area contributed by atoms with Crippen LogP contribution in [0.3, 0.4) is 0 Å². The Morgan fingerprint density at radius 1 is 1.50 bits per heavy atom. The molecule has 0 spiro atoms. The number of amides is 1. The quantitative estimate of drug-likeness (QED) is 0.339. The van der Waals surface area contributed by atoms with Gasteiger partial charge in [-0.15, -0.1) is 17.0 Å². The molecule has 0 aliphatic heterocycles. The molecule has 1 saturated carbocycles. The van der Waals surface area contributed by atoms with E-state index in [9.17, 15) is 4.79 Å². The Balaban J connectivity index is 0.00000200. The fraction of sp³-hybridized carbons (Fsp3) is 0.385. The maximum absolute atomic E-state index is 12.1. The summed E-state index contributed by atoms with van der Waals surface area (Å²) in [5.74, 6) is 0.651. The molecular formula is C13H17Br2N3OSe. The molecule has 1 aromatic rings. The Morgan fingerprint density at radius 3 is 2.80 bits per heavy atom. The molecule has 0 saturated heterocycles. The second-order valence-electron chi connectivity index (χ2n) is 4.61. The van der Waals surface area contributed by atoms with Crippen LogP contribution in [0.25, 0.3) is 0 Å². The minimum atomic E-state index is -0.0910. The third kappa shape index (κ3) is 5.56. The summed E-state index contributed by atoms with van der Waals surface area (Å²) in [5, 5.41) is 11.0. The number of nitrogens with one attached hydrogen (secondary N) is 2. The Kier molecular flexibility index (Phi) is 7.23. The van der Waals surface area contributed by atoms with E-state index in [1.165, 1.54) is 12.8 Å². The summed E-state index contributed by atoms with van der Waals surface area (Å²) in [4.78, 5) is 12.1. The van der Waals surface area contributed by atoms with Gasteiger partial charge in [0.05, 0.1) is 0 Å². The predicted octanol–water partition coefficient (Wildman–Crippen LogP) is 2.26. The molecule has 20 heavy (non-hydrogen) atoms. The van der Waals surface area contributed by atoms with Crippen molar-refractivity contribution in [3.63, 3.8) is 0 Å². The van der Waals surface area contributed by atoms with Gasteiger partial charge in [-0.2, -0.15) is 0 Å². The third-order valence-electron chi connectivity index (χ3n) is 2.94. The van der Waals surface area contributed by atoms with Gasteiger partial charge in [-0.1, -0.05) is 0 Å². The number of nitrogens with two attached hydrogens (primary N) is 1. The number of benzene rings is 1. The Morgan fingerprint density at radius 2 is 2.20 bits per heavy atom. The Bertz CT molecular complexity index is 506. The molecule has 7 heteroatoms. The second kappa shape index (κ2) is 8.17. The SMILES string of the molecule is Br.N=C(N)[Se]Cc1cc(Br)ccc1C(=O)NCC1CC1. The zero-order valence-corrected chi connectivity index (χ0v) is 15.8. The molecular weight excluding hydrogens is 453 g/mol. The first-order valence-electron chi connectivity index (χ1n) is 6.09. The van der Waals surface area contributed by atoms with Gasteiger partial charge in [0.25, 0.3) is 0 Å². The first kappa shape index (κ1) is 17.7. The van der Waals surface area contributed by atoms with Crippen LogP contribution in [-0.4, -0.2) is 32.1 Å². The van der Waals surface area contributed by atoms with E-state index in [1.54, 1.807) is 0 Å². The molecule has 4 nitrogen and oxygen atoms in total. The van der Waals surface area contributed by atoms with Gasteiger partial charge in [0.15, 0.2) is 0 Å². The van der Waals surface area contributed by atoms with Crippen molar-refractivity contribution in [1.82, 2.24) is 5.32 Å². The van der Waals surface area contributed by atoms with Crippen LogP contribution < -0.4 is 11.1 Å². The molecule has 2 rings (SSSR count). The van der Waals surface area contributed by atoms with Crippen molar-refractivity contribution < 1.29 is 4.79 Å². The van der Waals surface area contributed by atoms with Crippen LogP contribution in [0.15, 0.2) is 22.7 Å². The first-order valence-corrected chi connectivity index (χ1v) is 8.96. The number of carbonyl (C=O) groups excluding carboxylic acids is 1. The Hall–Kier alpha value is -0.361. The normalized spacial score (nSPS) is 13.4. The van der Waals surface area contributed by atoms with Gasteiger partial charge in [-0.25, -0.2) is 0 Å². The summed E-state index contributed by atoms with van der Waals surface area (Å²) < 4.78 is 1.15. The van der Waals surface area contributed by atoms with Gasteiger partial charge in [0, 0.05) is 0 Å². The zero-order valence-electron chi connectivity index (χ0n) is 10.8. The molecule has 0 bridgehead atoms. The van der Waals surface area contributed by atoms with E-state index in [-0.39, 0.29) is 42.6 Å². The van der Waals surface area contributed by atoms with Crippen LogP contribution in [0.2, 0.25) is 0 Å². The van der Waals surface area contributed by atoms with Gasteiger partial charge in [0.1, 0.15) is 0 Å². The number of hydrogen-bond donors (Lipinski definition) is 3.